The van der Waals surface area contributed by atoms with Crippen LogP contribution in [0.1, 0.15) is 40.5 Å². The highest BCUT2D eigenvalue weighted by atomic mass is 32.2. The van der Waals surface area contributed by atoms with Crippen molar-refractivity contribution >= 4 is 15.9 Å². The SMILES string of the molecule is N#Cc1ccccc1S(=O)(=O)N1CCCC(c2cc(C(N)=O)n[nH]2)C1. The Balaban J connectivity index is 1.87. The van der Waals surface area contributed by atoms with Crippen molar-refractivity contribution in [2.75, 3.05) is 13.1 Å². The zero-order valence-electron chi connectivity index (χ0n) is 13.3. The van der Waals surface area contributed by atoms with Crippen LogP contribution in [-0.2, 0) is 10.0 Å². The molecule has 0 spiro atoms. The standard InChI is InChI=1S/C16H17N5O3S/c17-9-11-4-1-2-6-15(11)25(23,24)21-7-3-5-12(10-21)13-8-14(16(18)22)20-19-13/h1-2,4,6,8,12H,3,5,7,10H2,(H2,18,22)(H,19,20). The van der Waals surface area contributed by atoms with Crippen molar-refractivity contribution in [1.82, 2.24) is 14.5 Å². The number of aromatic nitrogens is 2. The monoisotopic (exact) mass is 359 g/mol. The number of H-pyrrole nitrogens is 1. The number of amides is 1. The first-order chi connectivity index (χ1) is 11.9. The Hall–Kier alpha value is -2.70. The first kappa shape index (κ1) is 17.1. The van der Waals surface area contributed by atoms with E-state index in [1.807, 2.05) is 6.07 Å². The van der Waals surface area contributed by atoms with E-state index in [0.29, 0.717) is 18.7 Å². The molecule has 1 aromatic carbocycles. The second kappa shape index (κ2) is 6.66. The summed E-state index contributed by atoms with van der Waals surface area (Å²) < 4.78 is 27.2. The van der Waals surface area contributed by atoms with E-state index in [-0.39, 0.29) is 28.6 Å². The lowest BCUT2D eigenvalue weighted by Crippen LogP contribution is -2.39. The lowest BCUT2D eigenvalue weighted by molar-refractivity contribution is 0.0995. The number of carbonyl (C=O) groups excluding carboxylic acids is 1. The van der Waals surface area contributed by atoms with Crippen molar-refractivity contribution in [1.29, 1.82) is 5.26 Å². The molecule has 2 aromatic rings. The van der Waals surface area contributed by atoms with Crippen molar-refractivity contribution in [3.05, 3.63) is 47.3 Å². The molecule has 2 heterocycles. The molecular formula is C16H17N5O3S. The minimum Gasteiger partial charge on any atom is -0.364 e. The van der Waals surface area contributed by atoms with Crippen molar-refractivity contribution < 1.29 is 13.2 Å². The van der Waals surface area contributed by atoms with Crippen LogP contribution in [0.15, 0.2) is 35.2 Å². The van der Waals surface area contributed by atoms with Crippen molar-refractivity contribution in [2.24, 2.45) is 5.73 Å². The van der Waals surface area contributed by atoms with Crippen LogP contribution in [0.3, 0.4) is 0 Å². The summed E-state index contributed by atoms with van der Waals surface area (Å²) in [7, 11) is -3.77. The van der Waals surface area contributed by atoms with Gasteiger partial charge in [0, 0.05) is 24.7 Å². The largest absolute Gasteiger partial charge is 0.364 e. The minimum absolute atomic E-state index is 0.0144. The Morgan fingerprint density at radius 2 is 2.16 bits per heavy atom. The molecule has 1 amide bonds. The molecule has 0 saturated carbocycles. The maximum absolute atomic E-state index is 12.9. The van der Waals surface area contributed by atoms with Gasteiger partial charge in [-0.05, 0) is 31.0 Å². The molecule has 0 aliphatic carbocycles. The van der Waals surface area contributed by atoms with E-state index in [2.05, 4.69) is 10.2 Å². The molecule has 1 fully saturated rings. The van der Waals surface area contributed by atoms with Gasteiger partial charge < -0.3 is 5.73 Å². The predicted molar refractivity (Wildman–Crippen MR) is 89.0 cm³/mol. The zero-order chi connectivity index (χ0) is 18.0. The quantitative estimate of drug-likeness (QED) is 0.838. The van der Waals surface area contributed by atoms with E-state index in [0.717, 1.165) is 6.42 Å². The van der Waals surface area contributed by atoms with Crippen LogP contribution in [0.4, 0.5) is 0 Å². The molecule has 9 heteroatoms. The van der Waals surface area contributed by atoms with Gasteiger partial charge in [0.1, 0.15) is 11.8 Å². The van der Waals surface area contributed by atoms with Gasteiger partial charge in [-0.25, -0.2) is 8.42 Å². The highest BCUT2D eigenvalue weighted by Gasteiger charge is 2.33. The van der Waals surface area contributed by atoms with E-state index in [1.54, 1.807) is 18.2 Å². The number of aromatic amines is 1. The average molecular weight is 359 g/mol. The fourth-order valence-electron chi connectivity index (χ4n) is 3.01. The molecule has 3 rings (SSSR count). The third kappa shape index (κ3) is 3.26. The number of nitrogens with one attached hydrogen (secondary N) is 1. The van der Waals surface area contributed by atoms with Crippen LogP contribution in [0.2, 0.25) is 0 Å². The van der Waals surface area contributed by atoms with Gasteiger partial charge in [0.15, 0.2) is 0 Å². The number of sulfonamides is 1. The van der Waals surface area contributed by atoms with Gasteiger partial charge in [-0.2, -0.15) is 14.7 Å². The fourth-order valence-corrected chi connectivity index (χ4v) is 4.68. The number of nitrogens with two attached hydrogens (primary N) is 1. The highest BCUT2D eigenvalue weighted by molar-refractivity contribution is 7.89. The summed E-state index contributed by atoms with van der Waals surface area (Å²) in [5.74, 6) is -0.746. The van der Waals surface area contributed by atoms with E-state index in [1.165, 1.54) is 16.4 Å². The fraction of sp³-hybridized carbons (Fsp3) is 0.312. The number of carbonyl (C=O) groups is 1. The molecule has 1 saturated heterocycles. The van der Waals surface area contributed by atoms with E-state index in [4.69, 9.17) is 5.73 Å². The molecule has 1 aromatic heterocycles. The number of primary amides is 1. The molecule has 8 nitrogen and oxygen atoms in total. The van der Waals surface area contributed by atoms with Crippen LogP contribution >= 0.6 is 0 Å². The maximum Gasteiger partial charge on any atom is 0.269 e. The second-order valence-corrected chi connectivity index (χ2v) is 7.79. The number of piperidine rings is 1. The Kier molecular flexibility index (Phi) is 4.57. The first-order valence-corrected chi connectivity index (χ1v) is 9.22. The molecule has 1 atom stereocenters. The van der Waals surface area contributed by atoms with Crippen molar-refractivity contribution in [3.63, 3.8) is 0 Å². The van der Waals surface area contributed by atoms with Crippen LogP contribution < -0.4 is 5.73 Å². The third-order valence-corrected chi connectivity index (χ3v) is 6.22. The Labute approximate surface area is 145 Å². The zero-order valence-corrected chi connectivity index (χ0v) is 14.2. The van der Waals surface area contributed by atoms with Crippen molar-refractivity contribution in [2.45, 2.75) is 23.7 Å². The number of hydrogen-bond donors (Lipinski definition) is 2. The Morgan fingerprint density at radius 3 is 2.84 bits per heavy atom. The normalized spacial score (nSPS) is 18.6. The summed E-state index contributed by atoms with van der Waals surface area (Å²) >= 11 is 0. The smallest absolute Gasteiger partial charge is 0.269 e. The summed E-state index contributed by atoms with van der Waals surface area (Å²) in [6.45, 7) is 0.637. The van der Waals surface area contributed by atoms with Crippen LogP contribution in [0.25, 0.3) is 0 Å². The predicted octanol–water partition coefficient (Wildman–Crippen LogP) is 0.949. The van der Waals surface area contributed by atoms with Gasteiger partial charge in [0.2, 0.25) is 10.0 Å². The van der Waals surface area contributed by atoms with Crippen molar-refractivity contribution in [3.8, 4) is 6.07 Å². The van der Waals surface area contributed by atoms with Crippen LogP contribution in [0, 0.1) is 11.3 Å². The number of benzene rings is 1. The molecule has 0 radical (unpaired) electrons. The molecule has 0 bridgehead atoms. The van der Waals surface area contributed by atoms with Crippen LogP contribution in [0.5, 0.6) is 0 Å². The van der Waals surface area contributed by atoms with Gasteiger partial charge in [-0.3, -0.25) is 9.89 Å². The van der Waals surface area contributed by atoms with Gasteiger partial charge in [0.05, 0.1) is 10.5 Å². The van der Waals surface area contributed by atoms with E-state index >= 15 is 0 Å². The molecule has 1 unspecified atom stereocenters. The summed E-state index contributed by atoms with van der Waals surface area (Å²) in [5, 5.41) is 15.8. The lowest BCUT2D eigenvalue weighted by atomic mass is 9.96. The average Bonchev–Trinajstić information content (AvgIpc) is 3.12. The molecule has 25 heavy (non-hydrogen) atoms. The number of hydrogen-bond acceptors (Lipinski definition) is 5. The summed E-state index contributed by atoms with van der Waals surface area (Å²) in [4.78, 5) is 11.2. The lowest BCUT2D eigenvalue weighted by Gasteiger charge is -2.31. The van der Waals surface area contributed by atoms with Gasteiger partial charge in [-0.1, -0.05) is 12.1 Å². The molecule has 1 aliphatic heterocycles. The van der Waals surface area contributed by atoms with Gasteiger partial charge in [0.25, 0.3) is 5.91 Å². The molecular weight excluding hydrogens is 342 g/mol. The van der Waals surface area contributed by atoms with Gasteiger partial charge >= 0.3 is 0 Å². The minimum atomic E-state index is -3.77. The molecule has 1 aliphatic rings. The number of rotatable bonds is 4. The second-order valence-electron chi connectivity index (χ2n) is 5.88. The highest BCUT2D eigenvalue weighted by Crippen LogP contribution is 2.30. The number of nitriles is 1. The third-order valence-electron chi connectivity index (χ3n) is 4.30. The molecule has 3 N–H and O–H groups in total. The Bertz CT molecular complexity index is 945. The summed E-state index contributed by atoms with van der Waals surface area (Å²) in [5.41, 5.74) is 6.14. The van der Waals surface area contributed by atoms with Gasteiger partial charge in [-0.15, -0.1) is 0 Å². The molecule has 130 valence electrons. The van der Waals surface area contributed by atoms with Crippen LogP contribution in [-0.4, -0.2) is 41.9 Å². The summed E-state index contributed by atoms with van der Waals surface area (Å²) in [6, 6.07) is 9.65. The van der Waals surface area contributed by atoms with E-state index < -0.39 is 15.9 Å². The summed E-state index contributed by atoms with van der Waals surface area (Å²) in [6.07, 6.45) is 1.44. The topological polar surface area (TPSA) is 133 Å². The first-order valence-electron chi connectivity index (χ1n) is 7.78. The number of nitrogens with zero attached hydrogens (tertiary/aromatic N) is 3. The maximum atomic E-state index is 12.9. The van der Waals surface area contributed by atoms with E-state index in [9.17, 15) is 18.5 Å². The Morgan fingerprint density at radius 1 is 1.40 bits per heavy atom.